The van der Waals surface area contributed by atoms with Gasteiger partial charge in [0.15, 0.2) is 5.17 Å². The predicted molar refractivity (Wildman–Crippen MR) is 141 cm³/mol. The molecular weight excluding hydrogens is 440 g/mol. The third-order valence-electron chi connectivity index (χ3n) is 5.64. The maximum atomic E-state index is 12.8. The van der Waals surface area contributed by atoms with Crippen molar-refractivity contribution in [2.24, 2.45) is 4.99 Å². The lowest BCUT2D eigenvalue weighted by molar-refractivity contribution is -0.115. The van der Waals surface area contributed by atoms with E-state index >= 15 is 0 Å². The molecule has 0 spiro atoms. The molecule has 5 heteroatoms. The summed E-state index contributed by atoms with van der Waals surface area (Å²) in [6.45, 7) is 4.56. The summed E-state index contributed by atoms with van der Waals surface area (Å²) in [7, 11) is 0. The lowest BCUT2D eigenvalue weighted by Gasteiger charge is -2.13. The van der Waals surface area contributed by atoms with Crippen molar-refractivity contribution in [1.29, 1.82) is 0 Å². The number of benzene rings is 4. The van der Waals surface area contributed by atoms with Gasteiger partial charge < -0.3 is 10.1 Å². The molecule has 1 saturated heterocycles. The number of rotatable bonds is 5. The summed E-state index contributed by atoms with van der Waals surface area (Å²) >= 11 is 1.34. The average Bonchev–Trinajstić information content (AvgIpc) is 3.19. The largest absolute Gasteiger partial charge is 0.488 e. The summed E-state index contributed by atoms with van der Waals surface area (Å²) in [6, 6.07) is 28.4. The number of nitrogens with one attached hydrogen (secondary N) is 1. The first-order valence-electron chi connectivity index (χ1n) is 11.1. The van der Waals surface area contributed by atoms with E-state index in [1.54, 1.807) is 0 Å². The van der Waals surface area contributed by atoms with Gasteiger partial charge >= 0.3 is 0 Å². The van der Waals surface area contributed by atoms with Crippen LogP contribution in [0, 0.1) is 13.8 Å². The van der Waals surface area contributed by atoms with Crippen molar-refractivity contribution >= 4 is 45.4 Å². The van der Waals surface area contributed by atoms with Gasteiger partial charge in [-0.15, -0.1) is 0 Å². The maximum absolute atomic E-state index is 12.8. The van der Waals surface area contributed by atoms with Crippen LogP contribution in [-0.4, -0.2) is 11.1 Å². The SMILES string of the molecule is Cc1ccc(COc2ccc3ccccc3c2C=C2SC(=Nc3ccc(C)cc3)NC2=O)cc1. The van der Waals surface area contributed by atoms with Crippen LogP contribution >= 0.6 is 11.8 Å². The van der Waals surface area contributed by atoms with Gasteiger partial charge in [-0.25, -0.2) is 4.99 Å². The molecule has 0 radical (unpaired) electrons. The number of hydrogen-bond donors (Lipinski definition) is 1. The van der Waals surface area contributed by atoms with Crippen LogP contribution in [0.15, 0.2) is 94.8 Å². The number of amides is 1. The summed E-state index contributed by atoms with van der Waals surface area (Å²) in [6.07, 6.45) is 1.91. The number of aryl methyl sites for hydroxylation is 2. The molecule has 4 aromatic carbocycles. The molecule has 34 heavy (non-hydrogen) atoms. The number of thioether (sulfide) groups is 1. The Morgan fingerprint density at radius 2 is 1.59 bits per heavy atom. The Morgan fingerprint density at radius 1 is 0.882 bits per heavy atom. The van der Waals surface area contributed by atoms with Gasteiger partial charge in [0.05, 0.1) is 10.6 Å². The Hall–Kier alpha value is -3.83. The van der Waals surface area contributed by atoms with E-state index in [4.69, 9.17) is 4.74 Å². The molecule has 0 atom stereocenters. The van der Waals surface area contributed by atoms with Crippen molar-refractivity contribution in [2.75, 3.05) is 0 Å². The molecule has 0 unspecified atom stereocenters. The normalized spacial score (nSPS) is 15.8. The van der Waals surface area contributed by atoms with Gasteiger partial charge in [0, 0.05) is 5.56 Å². The molecule has 1 amide bonds. The van der Waals surface area contributed by atoms with Crippen LogP contribution in [0.2, 0.25) is 0 Å². The standard InChI is InChI=1S/C29H24N2O2S/c1-19-7-11-21(12-8-19)18-33-26-16-13-22-5-3-4-6-24(22)25(26)17-27-28(32)31-29(34-27)30-23-14-9-20(2)10-15-23/h3-17H,18H2,1-2H3,(H,30,31,32). The topological polar surface area (TPSA) is 50.7 Å². The fourth-order valence-electron chi connectivity index (χ4n) is 3.74. The molecule has 5 rings (SSSR count). The van der Waals surface area contributed by atoms with Crippen LogP contribution < -0.4 is 10.1 Å². The summed E-state index contributed by atoms with van der Waals surface area (Å²) in [5.74, 6) is 0.581. The number of amidine groups is 1. The zero-order valence-corrected chi connectivity index (χ0v) is 19.9. The summed E-state index contributed by atoms with van der Waals surface area (Å²) in [4.78, 5) is 17.9. The van der Waals surface area contributed by atoms with Gasteiger partial charge in [-0.2, -0.15) is 0 Å². The van der Waals surface area contributed by atoms with E-state index in [2.05, 4.69) is 53.6 Å². The molecule has 4 nitrogen and oxygen atoms in total. The number of aliphatic imine (C=N–C) groups is 1. The lowest BCUT2D eigenvalue weighted by atomic mass is 10.0. The van der Waals surface area contributed by atoms with Crippen molar-refractivity contribution in [3.8, 4) is 5.75 Å². The molecule has 0 aliphatic carbocycles. The third kappa shape index (κ3) is 4.90. The van der Waals surface area contributed by atoms with Crippen LogP contribution in [0.25, 0.3) is 16.8 Å². The van der Waals surface area contributed by atoms with Crippen molar-refractivity contribution in [3.63, 3.8) is 0 Å². The summed E-state index contributed by atoms with van der Waals surface area (Å²) in [5, 5.41) is 5.58. The van der Waals surface area contributed by atoms with Crippen molar-refractivity contribution < 1.29 is 9.53 Å². The lowest BCUT2D eigenvalue weighted by Crippen LogP contribution is -2.19. The minimum absolute atomic E-state index is 0.159. The van der Waals surface area contributed by atoms with E-state index in [0.717, 1.165) is 33.3 Å². The summed E-state index contributed by atoms with van der Waals surface area (Å²) < 4.78 is 6.23. The first kappa shape index (κ1) is 22.0. The molecule has 1 aliphatic heterocycles. The van der Waals surface area contributed by atoms with E-state index in [1.807, 2.05) is 61.5 Å². The third-order valence-corrected chi connectivity index (χ3v) is 6.55. The molecule has 0 saturated carbocycles. The second-order valence-corrected chi connectivity index (χ2v) is 9.32. The van der Waals surface area contributed by atoms with Gasteiger partial charge in [0.1, 0.15) is 12.4 Å². The minimum atomic E-state index is -0.159. The molecule has 1 heterocycles. The highest BCUT2D eigenvalue weighted by atomic mass is 32.2. The van der Waals surface area contributed by atoms with Gasteiger partial charge in [-0.3, -0.25) is 4.79 Å². The second-order valence-electron chi connectivity index (χ2n) is 8.29. The fourth-order valence-corrected chi connectivity index (χ4v) is 4.57. The van der Waals surface area contributed by atoms with Crippen LogP contribution in [0.4, 0.5) is 5.69 Å². The Labute approximate surface area is 203 Å². The van der Waals surface area contributed by atoms with E-state index in [-0.39, 0.29) is 5.91 Å². The first-order valence-corrected chi connectivity index (χ1v) is 11.9. The zero-order valence-electron chi connectivity index (χ0n) is 19.0. The number of carbonyl (C=O) groups is 1. The average molecular weight is 465 g/mol. The molecule has 168 valence electrons. The predicted octanol–water partition coefficient (Wildman–Crippen LogP) is 6.93. The van der Waals surface area contributed by atoms with Gasteiger partial charge in [0.25, 0.3) is 5.91 Å². The van der Waals surface area contributed by atoms with E-state index in [1.165, 1.54) is 22.9 Å². The van der Waals surface area contributed by atoms with Crippen LogP contribution in [0.1, 0.15) is 22.3 Å². The van der Waals surface area contributed by atoms with Gasteiger partial charge in [-0.05, 0) is 66.2 Å². The number of hydrogen-bond acceptors (Lipinski definition) is 4. The van der Waals surface area contributed by atoms with Gasteiger partial charge in [0.2, 0.25) is 0 Å². The number of carbonyl (C=O) groups excluding carboxylic acids is 1. The Kier molecular flexibility index (Phi) is 6.19. The monoisotopic (exact) mass is 464 g/mol. The molecule has 1 N–H and O–H groups in total. The Bertz CT molecular complexity index is 1420. The zero-order chi connectivity index (χ0) is 23.5. The van der Waals surface area contributed by atoms with Crippen LogP contribution in [0.3, 0.4) is 0 Å². The fraction of sp³-hybridized carbons (Fsp3) is 0.103. The van der Waals surface area contributed by atoms with Crippen molar-refractivity contribution in [2.45, 2.75) is 20.5 Å². The maximum Gasteiger partial charge on any atom is 0.264 e. The molecule has 0 bridgehead atoms. The summed E-state index contributed by atoms with van der Waals surface area (Å²) in [5.41, 5.74) is 5.17. The molecule has 0 aromatic heterocycles. The van der Waals surface area contributed by atoms with Crippen LogP contribution in [0.5, 0.6) is 5.75 Å². The van der Waals surface area contributed by atoms with E-state index < -0.39 is 0 Å². The number of ether oxygens (including phenoxy) is 1. The first-order chi connectivity index (χ1) is 16.5. The second kappa shape index (κ2) is 9.57. The van der Waals surface area contributed by atoms with Crippen molar-refractivity contribution in [3.05, 3.63) is 112 Å². The number of nitrogens with zero attached hydrogens (tertiary/aromatic N) is 1. The molecule has 1 fully saturated rings. The molecule has 4 aromatic rings. The molecular formula is C29H24N2O2S. The van der Waals surface area contributed by atoms with Crippen molar-refractivity contribution in [1.82, 2.24) is 5.32 Å². The highest BCUT2D eigenvalue weighted by Gasteiger charge is 2.25. The highest BCUT2D eigenvalue weighted by Crippen LogP contribution is 2.35. The van der Waals surface area contributed by atoms with E-state index in [9.17, 15) is 4.79 Å². The van der Waals surface area contributed by atoms with E-state index in [0.29, 0.717) is 16.7 Å². The quantitative estimate of drug-likeness (QED) is 0.326. The Balaban J connectivity index is 1.47. The minimum Gasteiger partial charge on any atom is -0.488 e. The number of fused-ring (bicyclic) bond motifs is 1. The van der Waals surface area contributed by atoms with Crippen LogP contribution in [-0.2, 0) is 11.4 Å². The highest BCUT2D eigenvalue weighted by molar-refractivity contribution is 8.18. The van der Waals surface area contributed by atoms with Gasteiger partial charge in [-0.1, -0.05) is 77.9 Å². The molecule has 1 aliphatic rings. The smallest absolute Gasteiger partial charge is 0.264 e. The Morgan fingerprint density at radius 3 is 2.35 bits per heavy atom.